The second kappa shape index (κ2) is 6.58. The van der Waals surface area contributed by atoms with E-state index in [0.717, 1.165) is 49.4 Å². The molecule has 166 valence electrons. The van der Waals surface area contributed by atoms with Gasteiger partial charge in [-0.3, -0.25) is 9.69 Å². The van der Waals surface area contributed by atoms with Crippen LogP contribution in [0.25, 0.3) is 0 Å². The average Bonchev–Trinajstić information content (AvgIpc) is 3.55. The number of phenolic OH excluding ortho intramolecular Hbond substituents is 1. The predicted molar refractivity (Wildman–Crippen MR) is 119 cm³/mol. The zero-order valence-electron chi connectivity index (χ0n) is 18.3. The summed E-state index contributed by atoms with van der Waals surface area (Å²) in [5.41, 5.74) is 2.44. The Morgan fingerprint density at radius 3 is 2.78 bits per heavy atom. The SMILES string of the molecule is O=C1CC[C@@]2(OCc3ccccc3)[C@H]3Cc4ccc(O)c5c4[C@@]2(CCN3CC2CC2)[C@@H]1O5. The number of Topliss-reactive ketones (excluding diaryl/α,β-unsaturated/α-hetero) is 1. The topological polar surface area (TPSA) is 59.0 Å². The number of carbonyl (C=O) groups is 1. The number of likely N-dealkylation sites (tertiary alicyclic amines) is 1. The summed E-state index contributed by atoms with van der Waals surface area (Å²) in [4.78, 5) is 15.9. The van der Waals surface area contributed by atoms with Crippen molar-refractivity contribution < 1.29 is 19.4 Å². The second-order valence-corrected chi connectivity index (χ2v) is 10.5. The van der Waals surface area contributed by atoms with Gasteiger partial charge in [0.2, 0.25) is 0 Å². The summed E-state index contributed by atoms with van der Waals surface area (Å²) in [5.74, 6) is 1.63. The molecule has 0 aromatic heterocycles. The molecular formula is C27H29NO4. The molecule has 3 aliphatic carbocycles. The number of phenols is 1. The first kappa shape index (κ1) is 19.1. The van der Waals surface area contributed by atoms with Crippen molar-refractivity contribution in [2.45, 2.75) is 68.3 Å². The zero-order chi connectivity index (χ0) is 21.5. The third kappa shape index (κ3) is 2.39. The van der Waals surface area contributed by atoms with E-state index in [-0.39, 0.29) is 17.6 Å². The Balaban J connectivity index is 1.40. The second-order valence-electron chi connectivity index (χ2n) is 10.5. The molecule has 4 atom stereocenters. The van der Waals surface area contributed by atoms with Gasteiger partial charge in [0.1, 0.15) is 0 Å². The van der Waals surface area contributed by atoms with Crippen LogP contribution in [0.2, 0.25) is 0 Å². The van der Waals surface area contributed by atoms with E-state index in [1.165, 1.54) is 18.4 Å². The predicted octanol–water partition coefficient (Wildman–Crippen LogP) is 3.75. The van der Waals surface area contributed by atoms with Crippen molar-refractivity contribution in [2.24, 2.45) is 5.92 Å². The van der Waals surface area contributed by atoms with E-state index in [9.17, 15) is 9.90 Å². The van der Waals surface area contributed by atoms with Crippen molar-refractivity contribution >= 4 is 5.78 Å². The monoisotopic (exact) mass is 431 g/mol. The number of benzene rings is 2. The van der Waals surface area contributed by atoms with Crippen LogP contribution in [0.3, 0.4) is 0 Å². The molecule has 7 rings (SSSR count). The minimum absolute atomic E-state index is 0.149. The molecule has 2 aromatic carbocycles. The number of ketones is 1. The molecule has 2 bridgehead atoms. The molecule has 5 nitrogen and oxygen atoms in total. The van der Waals surface area contributed by atoms with Crippen molar-refractivity contribution in [1.82, 2.24) is 4.90 Å². The summed E-state index contributed by atoms with van der Waals surface area (Å²) < 4.78 is 13.4. The third-order valence-corrected chi connectivity index (χ3v) is 8.86. The number of carbonyl (C=O) groups excluding carboxylic acids is 1. The van der Waals surface area contributed by atoms with Crippen LogP contribution in [0.1, 0.15) is 48.8 Å². The summed E-state index contributed by atoms with van der Waals surface area (Å²) in [5, 5.41) is 10.7. The largest absolute Gasteiger partial charge is 0.504 e. The van der Waals surface area contributed by atoms with Crippen molar-refractivity contribution in [3.8, 4) is 11.5 Å². The minimum Gasteiger partial charge on any atom is -0.504 e. The summed E-state index contributed by atoms with van der Waals surface area (Å²) in [7, 11) is 0. The molecule has 5 aliphatic rings. The first-order valence-electron chi connectivity index (χ1n) is 12.1. The van der Waals surface area contributed by atoms with Gasteiger partial charge in [-0.05, 0) is 61.8 Å². The highest BCUT2D eigenvalue weighted by atomic mass is 16.5. The van der Waals surface area contributed by atoms with E-state index in [1.807, 2.05) is 18.2 Å². The molecule has 1 N–H and O–H groups in total. The van der Waals surface area contributed by atoms with Gasteiger partial charge in [-0.2, -0.15) is 0 Å². The lowest BCUT2D eigenvalue weighted by atomic mass is 9.48. The van der Waals surface area contributed by atoms with Gasteiger partial charge in [-0.1, -0.05) is 36.4 Å². The van der Waals surface area contributed by atoms with Crippen molar-refractivity contribution in [1.29, 1.82) is 0 Å². The maximum Gasteiger partial charge on any atom is 0.174 e. The third-order valence-electron chi connectivity index (χ3n) is 8.86. The Morgan fingerprint density at radius 1 is 1.12 bits per heavy atom. The minimum atomic E-state index is -0.556. The molecule has 2 aromatic rings. The highest BCUT2D eigenvalue weighted by Gasteiger charge is 2.74. The van der Waals surface area contributed by atoms with Crippen LogP contribution in [-0.2, 0) is 28.0 Å². The van der Waals surface area contributed by atoms with E-state index >= 15 is 0 Å². The van der Waals surface area contributed by atoms with E-state index in [4.69, 9.17) is 9.47 Å². The molecule has 3 fully saturated rings. The number of ether oxygens (including phenoxy) is 2. The van der Waals surface area contributed by atoms with E-state index in [1.54, 1.807) is 6.07 Å². The lowest BCUT2D eigenvalue weighted by Gasteiger charge is -2.64. The van der Waals surface area contributed by atoms with E-state index < -0.39 is 17.1 Å². The normalized spacial score (nSPS) is 34.8. The van der Waals surface area contributed by atoms with Gasteiger partial charge in [0, 0.05) is 24.6 Å². The summed E-state index contributed by atoms with van der Waals surface area (Å²) >= 11 is 0. The Morgan fingerprint density at radius 2 is 1.97 bits per heavy atom. The zero-order valence-corrected chi connectivity index (χ0v) is 18.3. The maximum atomic E-state index is 13.2. The number of aromatic hydroxyl groups is 1. The van der Waals surface area contributed by atoms with Crippen LogP contribution in [0.5, 0.6) is 11.5 Å². The Labute approximate surface area is 188 Å². The van der Waals surface area contributed by atoms with Crippen LogP contribution in [0, 0.1) is 5.92 Å². The average molecular weight is 432 g/mol. The molecule has 1 saturated heterocycles. The fourth-order valence-electron chi connectivity index (χ4n) is 7.32. The van der Waals surface area contributed by atoms with E-state index in [0.29, 0.717) is 18.8 Å². The Kier molecular flexibility index (Phi) is 3.93. The standard InChI is InChI=1S/C27H29NO4/c29-20-9-8-19-14-22-27(31-16-18-4-2-1-3-5-18)11-10-21(30)25-26(27,23(19)24(20)32-25)12-13-28(22)15-17-6-7-17/h1-5,8-9,17,22,25,29H,6-7,10-16H2/t22-,25-,26+,27-/m1/s1. The summed E-state index contributed by atoms with van der Waals surface area (Å²) in [6.45, 7) is 2.61. The number of rotatable bonds is 5. The van der Waals surface area contributed by atoms with Crippen molar-refractivity contribution in [3.05, 3.63) is 59.2 Å². The molecule has 32 heavy (non-hydrogen) atoms. The molecule has 2 heterocycles. The van der Waals surface area contributed by atoms with Crippen LogP contribution < -0.4 is 4.74 Å². The van der Waals surface area contributed by atoms with Crippen LogP contribution in [0.15, 0.2) is 42.5 Å². The lowest BCUT2D eigenvalue weighted by molar-refractivity contribution is -0.218. The molecule has 1 spiro atoms. The smallest absolute Gasteiger partial charge is 0.174 e. The molecule has 5 heteroatoms. The molecule has 2 aliphatic heterocycles. The number of nitrogens with zero attached hydrogens (tertiary/aromatic N) is 1. The molecule has 0 radical (unpaired) electrons. The van der Waals surface area contributed by atoms with Crippen LogP contribution in [0.4, 0.5) is 0 Å². The van der Waals surface area contributed by atoms with Gasteiger partial charge >= 0.3 is 0 Å². The molecular weight excluding hydrogens is 402 g/mol. The van der Waals surface area contributed by atoms with Gasteiger partial charge in [0.05, 0.1) is 17.6 Å². The number of hydrogen-bond acceptors (Lipinski definition) is 5. The fourth-order valence-corrected chi connectivity index (χ4v) is 7.32. The van der Waals surface area contributed by atoms with Gasteiger partial charge in [0.25, 0.3) is 0 Å². The molecule has 2 saturated carbocycles. The van der Waals surface area contributed by atoms with Crippen LogP contribution in [-0.4, -0.2) is 46.6 Å². The lowest BCUT2D eigenvalue weighted by Crippen LogP contribution is -2.77. The number of hydrogen-bond donors (Lipinski definition) is 1. The van der Waals surface area contributed by atoms with Crippen molar-refractivity contribution in [2.75, 3.05) is 13.1 Å². The number of piperidine rings is 1. The molecule has 0 amide bonds. The van der Waals surface area contributed by atoms with Gasteiger partial charge < -0.3 is 14.6 Å². The van der Waals surface area contributed by atoms with Crippen LogP contribution >= 0.6 is 0 Å². The van der Waals surface area contributed by atoms with Gasteiger partial charge in [-0.25, -0.2) is 0 Å². The maximum absolute atomic E-state index is 13.2. The quantitative estimate of drug-likeness (QED) is 0.781. The summed E-state index contributed by atoms with van der Waals surface area (Å²) in [6, 6.07) is 14.4. The summed E-state index contributed by atoms with van der Waals surface area (Å²) in [6.07, 6.45) is 5.01. The van der Waals surface area contributed by atoms with Crippen molar-refractivity contribution in [3.63, 3.8) is 0 Å². The first-order valence-corrected chi connectivity index (χ1v) is 12.1. The van der Waals surface area contributed by atoms with E-state index in [2.05, 4.69) is 23.1 Å². The highest BCUT2D eigenvalue weighted by Crippen LogP contribution is 2.66. The van der Waals surface area contributed by atoms with Gasteiger partial charge in [0.15, 0.2) is 23.4 Å². The highest BCUT2D eigenvalue weighted by molar-refractivity contribution is 5.90. The Hall–Kier alpha value is -2.37. The Bertz CT molecular complexity index is 1100. The van der Waals surface area contributed by atoms with Gasteiger partial charge in [-0.15, -0.1) is 0 Å². The first-order chi connectivity index (χ1) is 15.6. The molecule has 0 unspecified atom stereocenters. The fraction of sp³-hybridized carbons (Fsp3) is 0.519.